The van der Waals surface area contributed by atoms with Crippen LogP contribution in [0.2, 0.25) is 0 Å². The molecular weight excluding hydrogens is 730 g/mol. The van der Waals surface area contributed by atoms with Gasteiger partial charge in [-0.2, -0.15) is 0 Å². The maximum Gasteiger partial charge on any atom is 0.342 e. The predicted octanol–water partition coefficient (Wildman–Crippen LogP) is 1.61. The maximum absolute atomic E-state index is 13.7. The summed E-state index contributed by atoms with van der Waals surface area (Å²) in [6, 6.07) is -0.275. The minimum absolute atomic E-state index is 0.0258. The van der Waals surface area contributed by atoms with Crippen LogP contribution in [0.4, 0.5) is 0 Å². The summed E-state index contributed by atoms with van der Waals surface area (Å²) in [5.41, 5.74) is -8.17. The average molecular weight is 794 g/mol. The molecule has 0 aromatic heterocycles. The summed E-state index contributed by atoms with van der Waals surface area (Å²) >= 11 is 0. The molecule has 316 valence electrons. The average Bonchev–Trinajstić information content (AvgIpc) is 3.37. The predicted molar refractivity (Wildman–Crippen MR) is 195 cm³/mol. The fourth-order valence-corrected chi connectivity index (χ4v) is 13.1. The zero-order chi connectivity index (χ0) is 41.3. The first kappa shape index (κ1) is 41.7. The van der Waals surface area contributed by atoms with Crippen molar-refractivity contribution >= 4 is 23.9 Å². The lowest BCUT2D eigenvalue weighted by Gasteiger charge is -2.64. The van der Waals surface area contributed by atoms with Gasteiger partial charge in [-0.05, 0) is 83.5 Å². The molecular formula is C41H63NO14. The molecule has 0 aromatic carbocycles. The summed E-state index contributed by atoms with van der Waals surface area (Å²) in [6.07, 6.45) is -4.21. The van der Waals surface area contributed by atoms with Crippen LogP contribution in [-0.4, -0.2) is 132 Å². The van der Waals surface area contributed by atoms with Crippen molar-refractivity contribution in [2.24, 2.45) is 46.8 Å². The molecule has 1 spiro atoms. The van der Waals surface area contributed by atoms with Crippen molar-refractivity contribution in [1.82, 2.24) is 4.90 Å². The molecule has 3 heterocycles. The van der Waals surface area contributed by atoms with E-state index in [2.05, 4.69) is 11.8 Å². The third-order valence-corrected chi connectivity index (χ3v) is 16.1. The highest BCUT2D eigenvalue weighted by Gasteiger charge is 2.88. The summed E-state index contributed by atoms with van der Waals surface area (Å²) in [5, 5.41) is 62.8. The van der Waals surface area contributed by atoms with Crippen LogP contribution in [-0.2, 0) is 42.9 Å². The van der Waals surface area contributed by atoms with Crippen LogP contribution in [0.15, 0.2) is 0 Å². The highest BCUT2D eigenvalue weighted by Crippen LogP contribution is 2.77. The van der Waals surface area contributed by atoms with Crippen LogP contribution < -0.4 is 0 Å². The van der Waals surface area contributed by atoms with E-state index in [9.17, 15) is 44.7 Å². The summed E-state index contributed by atoms with van der Waals surface area (Å²) in [7, 11) is 0. The van der Waals surface area contributed by atoms with Crippen molar-refractivity contribution < 1.29 is 68.4 Å². The second-order valence-corrected chi connectivity index (χ2v) is 19.3. The molecule has 0 aromatic rings. The molecule has 7 rings (SSSR count). The lowest BCUT2D eigenvalue weighted by Crippen LogP contribution is -2.77. The first-order valence-corrected chi connectivity index (χ1v) is 20.7. The molecule has 7 aliphatic rings. The number of aliphatic hydroxyl groups excluding tert-OH is 1. The number of piperidine rings is 2. The molecule has 0 amide bonds. The van der Waals surface area contributed by atoms with Gasteiger partial charge in [-0.3, -0.25) is 19.3 Å². The van der Waals surface area contributed by atoms with Gasteiger partial charge in [-0.25, -0.2) is 4.79 Å². The standard InChI is InChI=1S/C41H63NO14/c1-10-20(3)34(46)55-33-31(45)30-24(18-42-17-19(2)11-12-28(42)38(30,9)49)25-16-39-32(40(25,33)50)26(53-23(6)44)15-27-36(39,7)14-13-29(41(27,51)56-39)54-35(47)37(8,48)21(4)52-22(5)43/h19-21,24-33,45,48-51H,10-18H2,1-9H3/t19-,20-,21-,24-,25-,26+,27-,28-,29-,30+,31+,32+,33-,36-,37-,38+,39+,40-,41+/m0/s1. The van der Waals surface area contributed by atoms with E-state index in [0.717, 1.165) is 20.3 Å². The van der Waals surface area contributed by atoms with E-state index in [1.807, 2.05) is 13.8 Å². The van der Waals surface area contributed by atoms with Gasteiger partial charge in [0, 0.05) is 50.2 Å². The summed E-state index contributed by atoms with van der Waals surface area (Å²) in [5.74, 6) is -9.57. The van der Waals surface area contributed by atoms with Crippen molar-refractivity contribution in [2.45, 2.75) is 172 Å². The number of carbonyl (C=O) groups is 4. The smallest absolute Gasteiger partial charge is 0.342 e. The molecule has 19 atom stereocenters. The van der Waals surface area contributed by atoms with E-state index in [-0.39, 0.29) is 25.3 Å². The normalized spacial score (nSPS) is 49.8. The topological polar surface area (TPSA) is 219 Å². The zero-order valence-electron chi connectivity index (χ0n) is 34.2. The molecule has 5 N–H and O–H groups in total. The number of esters is 4. The summed E-state index contributed by atoms with van der Waals surface area (Å²) < 4.78 is 30.3. The maximum atomic E-state index is 13.7. The number of hydrogen-bond donors (Lipinski definition) is 5. The number of carbonyl (C=O) groups excluding carboxylic acids is 4. The molecule has 56 heavy (non-hydrogen) atoms. The minimum atomic E-state index is -2.28. The second-order valence-electron chi connectivity index (χ2n) is 19.3. The van der Waals surface area contributed by atoms with E-state index in [1.54, 1.807) is 13.8 Å². The van der Waals surface area contributed by atoms with Crippen molar-refractivity contribution in [1.29, 1.82) is 0 Å². The highest BCUT2D eigenvalue weighted by molar-refractivity contribution is 5.80. The van der Waals surface area contributed by atoms with E-state index in [1.165, 1.54) is 13.8 Å². The zero-order valence-corrected chi connectivity index (χ0v) is 34.2. The van der Waals surface area contributed by atoms with Gasteiger partial charge in [0.2, 0.25) is 5.79 Å². The van der Waals surface area contributed by atoms with Crippen LogP contribution in [0.1, 0.15) is 107 Å². The van der Waals surface area contributed by atoms with Gasteiger partial charge in [0.15, 0.2) is 17.8 Å². The van der Waals surface area contributed by atoms with E-state index >= 15 is 0 Å². The summed E-state index contributed by atoms with van der Waals surface area (Å²) in [6.45, 7) is 15.4. The Morgan fingerprint density at radius 3 is 2.29 bits per heavy atom. The van der Waals surface area contributed by atoms with Gasteiger partial charge in [0.05, 0.1) is 29.1 Å². The molecule has 3 saturated heterocycles. The molecule has 4 aliphatic carbocycles. The monoisotopic (exact) mass is 793 g/mol. The van der Waals surface area contributed by atoms with E-state index in [4.69, 9.17) is 23.7 Å². The second kappa shape index (κ2) is 13.6. The van der Waals surface area contributed by atoms with Crippen LogP contribution in [0.3, 0.4) is 0 Å². The van der Waals surface area contributed by atoms with Crippen molar-refractivity contribution in [3.63, 3.8) is 0 Å². The fourth-order valence-electron chi connectivity index (χ4n) is 13.1. The van der Waals surface area contributed by atoms with Crippen molar-refractivity contribution in [2.75, 3.05) is 13.1 Å². The van der Waals surface area contributed by atoms with Gasteiger partial charge in [-0.1, -0.05) is 27.7 Å². The fraction of sp³-hybridized carbons (Fsp3) is 0.902. The van der Waals surface area contributed by atoms with Crippen LogP contribution >= 0.6 is 0 Å². The Hall–Kier alpha value is -2.40. The molecule has 0 unspecified atom stereocenters. The number of nitrogens with zero attached hydrogens (tertiary/aromatic N) is 1. The number of rotatable bonds is 8. The molecule has 0 radical (unpaired) electrons. The first-order valence-electron chi connectivity index (χ1n) is 20.7. The number of hydrogen-bond acceptors (Lipinski definition) is 15. The molecule has 7 fully saturated rings. The summed E-state index contributed by atoms with van der Waals surface area (Å²) in [4.78, 5) is 54.2. The Bertz CT molecular complexity index is 1620. The van der Waals surface area contributed by atoms with Crippen molar-refractivity contribution in [3.8, 4) is 0 Å². The van der Waals surface area contributed by atoms with E-state index in [0.29, 0.717) is 38.3 Å². The Balaban J connectivity index is 1.35. The Labute approximate surface area is 328 Å². The lowest BCUT2D eigenvalue weighted by atomic mass is 9.49. The number of aliphatic hydroxyl groups is 5. The number of fused-ring (bicyclic) bond motifs is 5. The molecule has 4 saturated carbocycles. The first-order chi connectivity index (χ1) is 25.9. The third kappa shape index (κ3) is 5.67. The van der Waals surface area contributed by atoms with Gasteiger partial charge in [0.1, 0.15) is 17.8 Å². The van der Waals surface area contributed by atoms with Gasteiger partial charge >= 0.3 is 23.9 Å². The van der Waals surface area contributed by atoms with Crippen LogP contribution in [0, 0.1) is 46.8 Å². The van der Waals surface area contributed by atoms with Gasteiger partial charge < -0.3 is 49.2 Å². The lowest BCUT2D eigenvalue weighted by molar-refractivity contribution is -0.301. The number of ether oxygens (including phenoxy) is 5. The Kier molecular flexibility index (Phi) is 10.1. The largest absolute Gasteiger partial charge is 0.462 e. The van der Waals surface area contributed by atoms with E-state index < -0.39 is 124 Å². The Morgan fingerprint density at radius 2 is 1.66 bits per heavy atom. The van der Waals surface area contributed by atoms with Crippen LogP contribution in [0.5, 0.6) is 0 Å². The van der Waals surface area contributed by atoms with Crippen molar-refractivity contribution in [3.05, 3.63) is 0 Å². The Morgan fingerprint density at radius 1 is 0.982 bits per heavy atom. The minimum Gasteiger partial charge on any atom is -0.462 e. The van der Waals surface area contributed by atoms with Gasteiger partial charge in [-0.15, -0.1) is 0 Å². The molecule has 15 nitrogen and oxygen atoms in total. The molecule has 15 heteroatoms. The molecule has 4 bridgehead atoms. The quantitative estimate of drug-likeness (QED) is 0.174. The molecule has 3 aliphatic heterocycles. The van der Waals surface area contributed by atoms with Gasteiger partial charge in [0.25, 0.3) is 0 Å². The SMILES string of the molecule is CC[C@H](C)C(=O)O[C@H]1[C@H](O)[C@H]2[C@@H](CN3C[C@@H](C)CC[C@H]3[C@@]2(C)O)[C@@H]2C[C@]34O[C@@]5(O)[C@@H](OC(=O)[C@@](C)(O)[C@H](C)OC(C)=O)CC[C@@]3(C)[C@@H]5C[C@@H](OC(C)=O)[C@H]4[C@@]21O. The van der Waals surface area contributed by atoms with Crippen LogP contribution in [0.25, 0.3) is 0 Å². The third-order valence-electron chi connectivity index (χ3n) is 16.1. The highest BCUT2D eigenvalue weighted by atomic mass is 16.7.